The summed E-state index contributed by atoms with van der Waals surface area (Å²) in [6, 6.07) is 0. The molecule has 1 saturated heterocycles. The van der Waals surface area contributed by atoms with Crippen LogP contribution in [0.2, 0.25) is 0 Å². The van der Waals surface area contributed by atoms with Gasteiger partial charge >= 0.3 is 0 Å². The lowest BCUT2D eigenvalue weighted by Gasteiger charge is -2.13. The molecule has 0 bridgehead atoms. The number of hydrogen-bond donors (Lipinski definition) is 1. The van der Waals surface area contributed by atoms with E-state index in [0.717, 1.165) is 6.29 Å². The number of carbonyl (C=O) groups is 1. The highest BCUT2D eigenvalue weighted by Gasteiger charge is 2.35. The Morgan fingerprint density at radius 3 is 3.00 bits per heavy atom. The lowest BCUT2D eigenvalue weighted by atomic mass is 10.1. The molecule has 1 aliphatic rings. The van der Waals surface area contributed by atoms with Crippen molar-refractivity contribution in [2.75, 3.05) is 13.7 Å². The van der Waals surface area contributed by atoms with Crippen LogP contribution in [-0.2, 0) is 14.3 Å². The number of aliphatic hydroxyl groups is 1. The van der Waals surface area contributed by atoms with E-state index in [1.54, 1.807) is 0 Å². The van der Waals surface area contributed by atoms with Crippen LogP contribution in [0.3, 0.4) is 0 Å². The van der Waals surface area contributed by atoms with Gasteiger partial charge in [0.1, 0.15) is 18.5 Å². The number of aldehydes is 1. The third kappa shape index (κ3) is 1.77. The predicted molar refractivity (Wildman–Crippen MR) is 37.2 cm³/mol. The normalized spacial score (nSPS) is 37.5. The smallest absolute Gasteiger partial charge is 0.122 e. The van der Waals surface area contributed by atoms with Gasteiger partial charge in [-0.25, -0.2) is 0 Å². The van der Waals surface area contributed by atoms with Gasteiger partial charge in [-0.1, -0.05) is 0 Å². The Morgan fingerprint density at radius 2 is 2.55 bits per heavy atom. The number of rotatable bonds is 3. The van der Waals surface area contributed by atoms with Gasteiger partial charge in [-0.05, 0) is 0 Å². The summed E-state index contributed by atoms with van der Waals surface area (Å²) >= 11 is 0. The highest BCUT2D eigenvalue weighted by Crippen LogP contribution is 2.18. The molecular formula is C7H12O4. The molecule has 11 heavy (non-hydrogen) atoms. The summed E-state index contributed by atoms with van der Waals surface area (Å²) in [7, 11) is 1.51. The Morgan fingerprint density at radius 1 is 1.82 bits per heavy atom. The van der Waals surface area contributed by atoms with E-state index in [9.17, 15) is 9.90 Å². The van der Waals surface area contributed by atoms with E-state index in [4.69, 9.17) is 9.47 Å². The minimum atomic E-state index is -0.662. The van der Waals surface area contributed by atoms with Crippen molar-refractivity contribution in [3.8, 4) is 0 Å². The minimum Gasteiger partial charge on any atom is -0.388 e. The Kier molecular flexibility index (Phi) is 2.99. The Balaban J connectivity index is 2.41. The van der Waals surface area contributed by atoms with Gasteiger partial charge in [0.05, 0.1) is 12.7 Å². The van der Waals surface area contributed by atoms with Crippen molar-refractivity contribution in [1.29, 1.82) is 0 Å². The van der Waals surface area contributed by atoms with Crippen molar-refractivity contribution >= 4 is 6.29 Å². The average molecular weight is 160 g/mol. The van der Waals surface area contributed by atoms with Gasteiger partial charge in [0, 0.05) is 13.5 Å². The molecule has 3 unspecified atom stereocenters. The van der Waals surface area contributed by atoms with E-state index in [1.165, 1.54) is 7.11 Å². The summed E-state index contributed by atoms with van der Waals surface area (Å²) < 4.78 is 10.0. The van der Waals surface area contributed by atoms with Crippen molar-refractivity contribution in [1.82, 2.24) is 0 Å². The predicted octanol–water partition coefficient (Wildman–Crippen LogP) is -0.650. The molecule has 4 heteroatoms. The van der Waals surface area contributed by atoms with Crippen LogP contribution in [0.4, 0.5) is 0 Å². The second-order valence-electron chi connectivity index (χ2n) is 2.54. The minimum absolute atomic E-state index is 0.237. The maximum Gasteiger partial charge on any atom is 0.122 e. The largest absolute Gasteiger partial charge is 0.388 e. The molecule has 0 saturated carbocycles. The second-order valence-corrected chi connectivity index (χ2v) is 2.54. The van der Waals surface area contributed by atoms with E-state index in [2.05, 4.69) is 0 Å². The fourth-order valence-electron chi connectivity index (χ4n) is 1.16. The van der Waals surface area contributed by atoms with Crippen molar-refractivity contribution in [3.63, 3.8) is 0 Å². The summed E-state index contributed by atoms with van der Waals surface area (Å²) in [6.45, 7) is 0.371. The lowest BCUT2D eigenvalue weighted by Crippen LogP contribution is -2.31. The van der Waals surface area contributed by atoms with Gasteiger partial charge in [0.15, 0.2) is 0 Å². The zero-order valence-corrected chi connectivity index (χ0v) is 6.40. The van der Waals surface area contributed by atoms with E-state index in [-0.39, 0.29) is 18.6 Å². The van der Waals surface area contributed by atoms with Crippen molar-refractivity contribution in [2.45, 2.75) is 24.7 Å². The average Bonchev–Trinajstić information content (AvgIpc) is 2.34. The molecule has 3 atom stereocenters. The third-order valence-electron chi connectivity index (χ3n) is 1.87. The summed E-state index contributed by atoms with van der Waals surface area (Å²) in [4.78, 5) is 10.1. The molecule has 1 N–H and O–H groups in total. The van der Waals surface area contributed by atoms with E-state index in [0.29, 0.717) is 6.61 Å². The van der Waals surface area contributed by atoms with Crippen LogP contribution in [0.5, 0.6) is 0 Å². The Labute approximate surface area is 65.1 Å². The fraction of sp³-hybridized carbons (Fsp3) is 0.857. The first-order valence-corrected chi connectivity index (χ1v) is 3.55. The van der Waals surface area contributed by atoms with Crippen LogP contribution < -0.4 is 0 Å². The lowest BCUT2D eigenvalue weighted by molar-refractivity contribution is -0.111. The number of ether oxygens (including phenoxy) is 2. The molecule has 4 nitrogen and oxygen atoms in total. The molecule has 1 fully saturated rings. The summed E-state index contributed by atoms with van der Waals surface area (Å²) in [5, 5.41) is 9.37. The number of aliphatic hydroxyl groups excluding tert-OH is 1. The Bertz CT molecular complexity index is 136. The monoisotopic (exact) mass is 160 g/mol. The van der Waals surface area contributed by atoms with Gasteiger partial charge in [-0.3, -0.25) is 0 Å². The SMILES string of the molecule is COC1COC(CC=O)C1O. The van der Waals surface area contributed by atoms with Crippen molar-refractivity contribution in [3.05, 3.63) is 0 Å². The molecule has 64 valence electrons. The molecule has 0 amide bonds. The summed E-state index contributed by atoms with van der Waals surface area (Å²) in [5.74, 6) is 0. The quantitative estimate of drug-likeness (QED) is 0.557. The highest BCUT2D eigenvalue weighted by atomic mass is 16.6. The number of hydrogen-bond acceptors (Lipinski definition) is 4. The van der Waals surface area contributed by atoms with Crippen LogP contribution in [0.1, 0.15) is 6.42 Å². The van der Waals surface area contributed by atoms with Crippen LogP contribution in [0.25, 0.3) is 0 Å². The summed E-state index contributed by atoms with van der Waals surface area (Å²) in [5.41, 5.74) is 0. The van der Waals surface area contributed by atoms with Crippen molar-refractivity contribution in [2.24, 2.45) is 0 Å². The molecule has 1 heterocycles. The second kappa shape index (κ2) is 3.80. The van der Waals surface area contributed by atoms with Crippen LogP contribution in [0, 0.1) is 0 Å². The molecule has 0 aliphatic carbocycles. The molecule has 1 rings (SSSR count). The van der Waals surface area contributed by atoms with E-state index < -0.39 is 6.10 Å². The van der Waals surface area contributed by atoms with E-state index >= 15 is 0 Å². The molecule has 0 spiro atoms. The molecular weight excluding hydrogens is 148 g/mol. The fourth-order valence-corrected chi connectivity index (χ4v) is 1.16. The van der Waals surface area contributed by atoms with Crippen LogP contribution >= 0.6 is 0 Å². The standard InChI is InChI=1S/C7H12O4/c1-10-6-4-11-5(2-3-8)7(6)9/h3,5-7,9H,2,4H2,1H3. The topological polar surface area (TPSA) is 55.8 Å². The molecule has 1 aliphatic heterocycles. The van der Waals surface area contributed by atoms with E-state index in [1.807, 2.05) is 0 Å². The first-order chi connectivity index (χ1) is 5.29. The first kappa shape index (κ1) is 8.64. The highest BCUT2D eigenvalue weighted by molar-refractivity contribution is 5.50. The number of methoxy groups -OCH3 is 1. The van der Waals surface area contributed by atoms with Crippen LogP contribution in [0.15, 0.2) is 0 Å². The third-order valence-corrected chi connectivity index (χ3v) is 1.87. The zero-order chi connectivity index (χ0) is 8.27. The Hall–Kier alpha value is -0.450. The maximum absolute atomic E-state index is 10.1. The van der Waals surface area contributed by atoms with Crippen molar-refractivity contribution < 1.29 is 19.4 Å². The van der Waals surface area contributed by atoms with Gasteiger partial charge < -0.3 is 19.4 Å². The van der Waals surface area contributed by atoms with Gasteiger partial charge in [0.2, 0.25) is 0 Å². The molecule has 0 radical (unpaired) electrons. The van der Waals surface area contributed by atoms with Crippen LogP contribution in [-0.4, -0.2) is 43.4 Å². The van der Waals surface area contributed by atoms with Gasteiger partial charge in [0.25, 0.3) is 0 Å². The van der Waals surface area contributed by atoms with Gasteiger partial charge in [-0.15, -0.1) is 0 Å². The molecule has 0 aromatic heterocycles. The first-order valence-electron chi connectivity index (χ1n) is 3.55. The zero-order valence-electron chi connectivity index (χ0n) is 6.40. The van der Waals surface area contributed by atoms with Gasteiger partial charge in [-0.2, -0.15) is 0 Å². The molecule has 0 aromatic carbocycles. The number of carbonyl (C=O) groups excluding carboxylic acids is 1. The summed E-state index contributed by atoms with van der Waals surface area (Å²) in [6.07, 6.45) is -0.338. The molecule has 0 aromatic rings. The maximum atomic E-state index is 10.1.